The van der Waals surface area contributed by atoms with Crippen molar-refractivity contribution in [2.24, 2.45) is 11.8 Å². The molecule has 0 aliphatic heterocycles. The molecule has 1 aliphatic rings. The molecule has 9 heteroatoms. The highest BCUT2D eigenvalue weighted by Crippen LogP contribution is 2.30. The molecule has 30 heavy (non-hydrogen) atoms. The van der Waals surface area contributed by atoms with Gasteiger partial charge in [0.2, 0.25) is 10.0 Å². The van der Waals surface area contributed by atoms with Gasteiger partial charge in [-0.25, -0.2) is 21.9 Å². The number of halogens is 3. The topological polar surface area (TPSA) is 75.3 Å². The van der Waals surface area contributed by atoms with Gasteiger partial charge < -0.3 is 5.32 Å². The molecule has 2 aromatic rings. The molecule has 2 aromatic carbocycles. The number of sulfonamides is 1. The van der Waals surface area contributed by atoms with E-state index in [9.17, 15) is 22.0 Å². The third kappa shape index (κ3) is 4.99. The molecular weight excluding hydrogens is 434 g/mol. The number of carbonyl (C=O) groups is 1. The first-order chi connectivity index (χ1) is 14.1. The van der Waals surface area contributed by atoms with Crippen LogP contribution in [-0.2, 0) is 10.0 Å². The maximum absolute atomic E-state index is 14.3. The lowest BCUT2D eigenvalue weighted by atomic mass is 9.78. The van der Waals surface area contributed by atoms with Crippen LogP contribution in [0.3, 0.4) is 0 Å². The second-order valence-electron chi connectivity index (χ2n) is 7.72. The summed E-state index contributed by atoms with van der Waals surface area (Å²) in [6, 6.07) is 6.35. The van der Waals surface area contributed by atoms with Gasteiger partial charge >= 0.3 is 0 Å². The summed E-state index contributed by atoms with van der Waals surface area (Å²) in [6.07, 6.45) is 2.70. The molecule has 3 atom stereocenters. The first-order valence-corrected chi connectivity index (χ1v) is 11.5. The molecule has 1 fully saturated rings. The van der Waals surface area contributed by atoms with Gasteiger partial charge in [-0.15, -0.1) is 0 Å². The summed E-state index contributed by atoms with van der Waals surface area (Å²) in [5.74, 6) is -1.85. The fraction of sp³-hybridized carbons (Fsp3) is 0.381. The Balaban J connectivity index is 1.83. The summed E-state index contributed by atoms with van der Waals surface area (Å²) in [7, 11) is -3.94. The molecule has 0 aromatic heterocycles. The number of hydrogen-bond acceptors (Lipinski definition) is 3. The molecular formula is C21H23ClF2N2O3S. The van der Waals surface area contributed by atoms with Crippen molar-refractivity contribution in [3.05, 3.63) is 58.6 Å². The van der Waals surface area contributed by atoms with Crippen molar-refractivity contribution in [1.29, 1.82) is 0 Å². The molecule has 0 saturated heterocycles. The summed E-state index contributed by atoms with van der Waals surface area (Å²) in [5, 5.41) is 2.19. The Kier molecular flexibility index (Phi) is 6.79. The monoisotopic (exact) mass is 456 g/mol. The molecule has 5 nitrogen and oxygen atoms in total. The first kappa shape index (κ1) is 22.7. The van der Waals surface area contributed by atoms with E-state index in [0.717, 1.165) is 43.5 Å². The summed E-state index contributed by atoms with van der Waals surface area (Å²) in [5.41, 5.74) is -0.286. The zero-order chi connectivity index (χ0) is 22.1. The molecule has 3 rings (SSSR count). The molecule has 162 valence electrons. The second kappa shape index (κ2) is 8.99. The number of amides is 1. The van der Waals surface area contributed by atoms with Crippen LogP contribution in [0, 0.1) is 23.5 Å². The van der Waals surface area contributed by atoms with E-state index >= 15 is 0 Å². The Morgan fingerprint density at radius 2 is 1.77 bits per heavy atom. The van der Waals surface area contributed by atoms with Crippen LogP contribution in [-0.4, -0.2) is 20.4 Å². The van der Waals surface area contributed by atoms with E-state index in [-0.39, 0.29) is 27.6 Å². The molecule has 0 bridgehead atoms. The highest BCUT2D eigenvalue weighted by atomic mass is 35.5. The summed E-state index contributed by atoms with van der Waals surface area (Å²) in [6.45, 7) is 4.10. The molecule has 0 unspecified atom stereocenters. The van der Waals surface area contributed by atoms with Crippen LogP contribution in [0.25, 0.3) is 0 Å². The third-order valence-electron chi connectivity index (χ3n) is 5.68. The minimum atomic E-state index is -3.94. The Bertz CT molecular complexity index is 1060. The lowest BCUT2D eigenvalue weighted by Gasteiger charge is -2.34. The standard InChI is InChI=1S/C21H23ClF2N2O3S/c1-12-4-3-5-20(13(12)2)26-30(28,29)15-7-9-18(23)16(11-15)21(27)25-14-6-8-19(24)17(22)10-14/h6-13,20,26H,3-5H2,1-2H3,(H,25,27)/t12-,13-,20+/m1/s1. The van der Waals surface area contributed by atoms with Crippen molar-refractivity contribution in [2.45, 2.75) is 44.0 Å². The predicted molar refractivity (Wildman–Crippen MR) is 112 cm³/mol. The fourth-order valence-corrected chi connectivity index (χ4v) is 5.20. The minimum Gasteiger partial charge on any atom is -0.322 e. The molecule has 1 amide bonds. The van der Waals surface area contributed by atoms with Crippen molar-refractivity contribution in [3.63, 3.8) is 0 Å². The highest BCUT2D eigenvalue weighted by Gasteiger charge is 2.31. The van der Waals surface area contributed by atoms with Gasteiger partial charge in [-0.05, 0) is 54.7 Å². The van der Waals surface area contributed by atoms with E-state index in [1.54, 1.807) is 0 Å². The zero-order valence-corrected chi connectivity index (χ0v) is 18.2. The molecule has 0 radical (unpaired) electrons. The van der Waals surface area contributed by atoms with Gasteiger partial charge in [-0.3, -0.25) is 4.79 Å². The largest absolute Gasteiger partial charge is 0.322 e. The number of anilines is 1. The minimum absolute atomic E-state index is 0.155. The quantitative estimate of drug-likeness (QED) is 0.666. The summed E-state index contributed by atoms with van der Waals surface area (Å²) in [4.78, 5) is 12.3. The number of hydrogen-bond donors (Lipinski definition) is 2. The van der Waals surface area contributed by atoms with Gasteiger partial charge in [0, 0.05) is 11.7 Å². The van der Waals surface area contributed by atoms with E-state index < -0.39 is 33.1 Å². The zero-order valence-electron chi connectivity index (χ0n) is 16.6. The lowest BCUT2D eigenvalue weighted by molar-refractivity contribution is 0.102. The van der Waals surface area contributed by atoms with Crippen LogP contribution in [0.1, 0.15) is 43.5 Å². The van der Waals surface area contributed by atoms with Crippen LogP contribution in [0.2, 0.25) is 5.02 Å². The Labute approximate surface area is 179 Å². The van der Waals surface area contributed by atoms with Crippen molar-refractivity contribution < 1.29 is 22.0 Å². The van der Waals surface area contributed by atoms with E-state index in [1.807, 2.05) is 6.92 Å². The molecule has 2 N–H and O–H groups in total. The first-order valence-electron chi connectivity index (χ1n) is 9.67. The van der Waals surface area contributed by atoms with Crippen LogP contribution in [0.5, 0.6) is 0 Å². The smallest absolute Gasteiger partial charge is 0.258 e. The average Bonchev–Trinajstić information content (AvgIpc) is 2.68. The third-order valence-corrected chi connectivity index (χ3v) is 7.46. The van der Waals surface area contributed by atoms with Gasteiger partial charge in [0.15, 0.2) is 0 Å². The van der Waals surface area contributed by atoms with Gasteiger partial charge in [-0.2, -0.15) is 0 Å². The maximum Gasteiger partial charge on any atom is 0.258 e. The van der Waals surface area contributed by atoms with Crippen molar-refractivity contribution in [1.82, 2.24) is 4.72 Å². The van der Waals surface area contributed by atoms with E-state index in [4.69, 9.17) is 11.6 Å². The van der Waals surface area contributed by atoms with Crippen LogP contribution in [0.4, 0.5) is 14.5 Å². The number of nitrogens with one attached hydrogen (secondary N) is 2. The summed E-state index contributed by atoms with van der Waals surface area (Å²) < 4.78 is 55.9. The van der Waals surface area contributed by atoms with Crippen molar-refractivity contribution in [3.8, 4) is 0 Å². The van der Waals surface area contributed by atoms with E-state index in [0.29, 0.717) is 5.92 Å². The number of benzene rings is 2. The summed E-state index contributed by atoms with van der Waals surface area (Å²) >= 11 is 5.69. The molecule has 1 aliphatic carbocycles. The van der Waals surface area contributed by atoms with E-state index in [1.165, 1.54) is 12.1 Å². The van der Waals surface area contributed by atoms with Gasteiger partial charge in [0.25, 0.3) is 5.91 Å². The molecule has 0 spiro atoms. The fourth-order valence-electron chi connectivity index (χ4n) is 3.63. The highest BCUT2D eigenvalue weighted by molar-refractivity contribution is 7.89. The second-order valence-corrected chi connectivity index (χ2v) is 9.84. The van der Waals surface area contributed by atoms with Gasteiger partial charge in [0.05, 0.1) is 15.5 Å². The SMILES string of the molecule is C[C@@H]1[C@H](C)CCC[C@@H]1NS(=O)(=O)c1ccc(F)c(C(=O)Nc2ccc(F)c(Cl)c2)c1. The molecule has 0 heterocycles. The van der Waals surface area contributed by atoms with E-state index in [2.05, 4.69) is 17.0 Å². The number of rotatable bonds is 5. The van der Waals surface area contributed by atoms with Crippen LogP contribution < -0.4 is 10.0 Å². The van der Waals surface area contributed by atoms with Gasteiger partial charge in [-0.1, -0.05) is 38.3 Å². The number of carbonyl (C=O) groups excluding carboxylic acids is 1. The maximum atomic E-state index is 14.3. The Morgan fingerprint density at radius 3 is 2.47 bits per heavy atom. The lowest BCUT2D eigenvalue weighted by Crippen LogP contribution is -2.43. The predicted octanol–water partition coefficient (Wildman–Crippen LogP) is 4.97. The Morgan fingerprint density at radius 1 is 1.07 bits per heavy atom. The molecule has 1 saturated carbocycles. The van der Waals surface area contributed by atoms with Crippen LogP contribution >= 0.6 is 11.6 Å². The average molecular weight is 457 g/mol. The van der Waals surface area contributed by atoms with Crippen molar-refractivity contribution in [2.75, 3.05) is 5.32 Å². The van der Waals surface area contributed by atoms with Crippen LogP contribution in [0.15, 0.2) is 41.3 Å². The van der Waals surface area contributed by atoms with Gasteiger partial charge in [0.1, 0.15) is 11.6 Å². The normalized spacial score (nSPS) is 22.0. The van der Waals surface area contributed by atoms with Crippen molar-refractivity contribution >= 4 is 33.2 Å². The Hall–Kier alpha value is -2.03.